The minimum Gasteiger partial charge on any atom is -0.381 e. The number of hydrogen-bond acceptors (Lipinski definition) is 2. The Kier molecular flexibility index (Phi) is 7.14. The van der Waals surface area contributed by atoms with Crippen molar-refractivity contribution in [3.63, 3.8) is 0 Å². The molecule has 25 heavy (non-hydrogen) atoms. The summed E-state index contributed by atoms with van der Waals surface area (Å²) in [6.07, 6.45) is 3.35. The first-order chi connectivity index (χ1) is 11.5. The molecule has 0 amide bonds. The van der Waals surface area contributed by atoms with Gasteiger partial charge in [-0.25, -0.2) is 0 Å². The molecule has 0 radical (unpaired) electrons. The molecule has 0 saturated carbocycles. The molecule has 2 fully saturated rings. The van der Waals surface area contributed by atoms with Crippen molar-refractivity contribution in [3.8, 4) is 0 Å². The van der Waals surface area contributed by atoms with Gasteiger partial charge in [-0.1, -0.05) is 44.2 Å². The quantitative estimate of drug-likeness (QED) is 0.428. The van der Waals surface area contributed by atoms with E-state index in [-0.39, 0.29) is 29.4 Å². The Morgan fingerprint density at radius 3 is 2.40 bits per heavy atom. The lowest BCUT2D eigenvalue weighted by atomic mass is 9.74. The molecule has 0 aliphatic carbocycles. The molecule has 4 nitrogen and oxygen atoms in total. The molecule has 0 aromatic heterocycles. The van der Waals surface area contributed by atoms with E-state index in [0.29, 0.717) is 5.41 Å². The van der Waals surface area contributed by atoms with Gasteiger partial charge in [0, 0.05) is 45.3 Å². The fourth-order valence-corrected chi connectivity index (χ4v) is 4.00. The third-order valence-corrected chi connectivity index (χ3v) is 5.61. The molecule has 3 rings (SSSR count). The minimum absolute atomic E-state index is 0. The number of likely N-dealkylation sites (tertiary alicyclic amines) is 1. The van der Waals surface area contributed by atoms with E-state index in [1.807, 2.05) is 7.05 Å². The zero-order chi connectivity index (χ0) is 17.0. The molecule has 140 valence electrons. The number of halogens is 1. The summed E-state index contributed by atoms with van der Waals surface area (Å²) in [5.41, 5.74) is 1.94. The van der Waals surface area contributed by atoms with E-state index in [9.17, 15) is 0 Å². The third kappa shape index (κ3) is 4.88. The molecule has 1 aromatic rings. The summed E-state index contributed by atoms with van der Waals surface area (Å²) in [5, 5.41) is 3.68. The average molecular weight is 457 g/mol. The lowest BCUT2D eigenvalue weighted by Gasteiger charge is -2.39. The highest BCUT2D eigenvalue weighted by atomic mass is 127. The number of nitrogens with zero attached hydrogens (tertiary/aromatic N) is 2. The zero-order valence-corrected chi connectivity index (χ0v) is 18.1. The van der Waals surface area contributed by atoms with Crippen LogP contribution in [0.3, 0.4) is 0 Å². The van der Waals surface area contributed by atoms with Crippen LogP contribution >= 0.6 is 24.0 Å². The summed E-state index contributed by atoms with van der Waals surface area (Å²) in [4.78, 5) is 6.95. The van der Waals surface area contributed by atoms with Gasteiger partial charge >= 0.3 is 0 Å². The van der Waals surface area contributed by atoms with Crippen LogP contribution in [0.4, 0.5) is 0 Å². The number of rotatable bonds is 3. The second-order valence-electron chi connectivity index (χ2n) is 8.00. The molecule has 2 aliphatic rings. The molecule has 0 spiro atoms. The largest absolute Gasteiger partial charge is 0.381 e. The van der Waals surface area contributed by atoms with Gasteiger partial charge in [0.15, 0.2) is 5.96 Å². The monoisotopic (exact) mass is 457 g/mol. The van der Waals surface area contributed by atoms with Gasteiger partial charge in [0.05, 0.1) is 0 Å². The van der Waals surface area contributed by atoms with Crippen molar-refractivity contribution in [1.82, 2.24) is 10.2 Å². The topological polar surface area (TPSA) is 36.9 Å². The van der Waals surface area contributed by atoms with Gasteiger partial charge in [-0.15, -0.1) is 24.0 Å². The van der Waals surface area contributed by atoms with E-state index >= 15 is 0 Å². The van der Waals surface area contributed by atoms with Crippen LogP contribution in [0.2, 0.25) is 0 Å². The van der Waals surface area contributed by atoms with Gasteiger partial charge < -0.3 is 15.0 Å². The highest BCUT2D eigenvalue weighted by molar-refractivity contribution is 14.0. The number of hydrogen-bond donors (Lipinski definition) is 1. The summed E-state index contributed by atoms with van der Waals surface area (Å²) in [6.45, 7) is 9.44. The number of nitrogens with one attached hydrogen (secondary N) is 1. The van der Waals surface area contributed by atoms with Gasteiger partial charge in [0.25, 0.3) is 0 Å². The maximum atomic E-state index is 5.64. The summed E-state index contributed by atoms with van der Waals surface area (Å²) in [7, 11) is 1.90. The summed E-state index contributed by atoms with van der Waals surface area (Å²) in [6, 6.07) is 10.9. The van der Waals surface area contributed by atoms with Crippen molar-refractivity contribution in [2.24, 2.45) is 10.4 Å². The van der Waals surface area contributed by atoms with Gasteiger partial charge in [0.2, 0.25) is 0 Å². The van der Waals surface area contributed by atoms with Crippen molar-refractivity contribution in [1.29, 1.82) is 0 Å². The molecule has 0 atom stereocenters. The Bertz CT molecular complexity index is 568. The lowest BCUT2D eigenvalue weighted by Crippen LogP contribution is -2.49. The molecule has 2 saturated heterocycles. The van der Waals surface area contributed by atoms with Crippen LogP contribution in [-0.2, 0) is 10.2 Å². The van der Waals surface area contributed by atoms with Gasteiger partial charge in [0.1, 0.15) is 0 Å². The van der Waals surface area contributed by atoms with E-state index in [2.05, 4.69) is 59.4 Å². The maximum Gasteiger partial charge on any atom is 0.193 e. The average Bonchev–Trinajstić information content (AvgIpc) is 2.97. The smallest absolute Gasteiger partial charge is 0.193 e. The van der Waals surface area contributed by atoms with Crippen molar-refractivity contribution < 1.29 is 4.74 Å². The second-order valence-corrected chi connectivity index (χ2v) is 8.00. The number of benzene rings is 1. The first kappa shape index (κ1) is 20.5. The van der Waals surface area contributed by atoms with E-state index in [1.54, 1.807) is 0 Å². The number of aliphatic imine (C=N–C) groups is 1. The first-order valence-corrected chi connectivity index (χ1v) is 9.14. The third-order valence-electron chi connectivity index (χ3n) is 5.61. The first-order valence-electron chi connectivity index (χ1n) is 9.14. The van der Waals surface area contributed by atoms with Crippen molar-refractivity contribution in [2.45, 2.75) is 38.5 Å². The highest BCUT2D eigenvalue weighted by Gasteiger charge is 2.36. The van der Waals surface area contributed by atoms with Gasteiger partial charge in [-0.3, -0.25) is 4.99 Å². The summed E-state index contributed by atoms with van der Waals surface area (Å²) in [5.74, 6) is 1.04. The molecule has 0 unspecified atom stereocenters. The zero-order valence-electron chi connectivity index (χ0n) is 15.8. The van der Waals surface area contributed by atoms with Gasteiger partial charge in [-0.2, -0.15) is 0 Å². The van der Waals surface area contributed by atoms with Gasteiger partial charge in [-0.05, 0) is 30.2 Å². The Labute approximate surface area is 169 Å². The molecular weight excluding hydrogens is 425 g/mol. The molecule has 2 aliphatic heterocycles. The van der Waals surface area contributed by atoms with Crippen LogP contribution in [-0.4, -0.2) is 50.8 Å². The highest BCUT2D eigenvalue weighted by Crippen LogP contribution is 2.34. The van der Waals surface area contributed by atoms with E-state index in [4.69, 9.17) is 4.74 Å². The van der Waals surface area contributed by atoms with E-state index < -0.39 is 0 Å². The molecular formula is C20H32IN3O. The Balaban J connectivity index is 0.00000225. The van der Waals surface area contributed by atoms with Crippen molar-refractivity contribution in [3.05, 3.63) is 35.9 Å². The SMILES string of the molecule is CN=C(NCC1(c2ccccc2)CCOCC1)N1CCC(C)(C)C1.I. The Morgan fingerprint density at radius 1 is 1.16 bits per heavy atom. The maximum absolute atomic E-state index is 5.64. The Morgan fingerprint density at radius 2 is 1.84 bits per heavy atom. The predicted octanol–water partition coefficient (Wildman–Crippen LogP) is 3.66. The molecule has 2 heterocycles. The molecule has 5 heteroatoms. The Hall–Kier alpha value is -0.820. The summed E-state index contributed by atoms with van der Waals surface area (Å²) < 4.78 is 5.64. The van der Waals surface area contributed by atoms with Crippen LogP contribution in [0.1, 0.15) is 38.7 Å². The van der Waals surface area contributed by atoms with Crippen LogP contribution in [0.15, 0.2) is 35.3 Å². The fourth-order valence-electron chi connectivity index (χ4n) is 4.00. The molecule has 1 aromatic carbocycles. The van der Waals surface area contributed by atoms with Crippen LogP contribution in [0, 0.1) is 5.41 Å². The summed E-state index contributed by atoms with van der Waals surface area (Å²) >= 11 is 0. The molecule has 0 bridgehead atoms. The predicted molar refractivity (Wildman–Crippen MR) is 115 cm³/mol. The van der Waals surface area contributed by atoms with Crippen molar-refractivity contribution in [2.75, 3.05) is 39.9 Å². The number of ether oxygens (including phenoxy) is 1. The van der Waals surface area contributed by atoms with Crippen LogP contribution in [0.25, 0.3) is 0 Å². The normalized spacial score (nSPS) is 22.4. The van der Waals surface area contributed by atoms with E-state index in [0.717, 1.165) is 51.6 Å². The second kappa shape index (κ2) is 8.71. The molecule has 1 N–H and O–H groups in total. The standard InChI is InChI=1S/C20H31N3O.HI/c1-19(2)9-12-23(16-19)18(21-3)22-15-20(10-13-24-14-11-20)17-7-5-4-6-8-17;/h4-8H,9-16H2,1-3H3,(H,21,22);1H. The van der Waals surface area contributed by atoms with E-state index in [1.165, 1.54) is 12.0 Å². The lowest BCUT2D eigenvalue weighted by molar-refractivity contribution is 0.0512. The van der Waals surface area contributed by atoms with Crippen LogP contribution < -0.4 is 5.32 Å². The number of guanidine groups is 1. The minimum atomic E-state index is 0. The van der Waals surface area contributed by atoms with Crippen molar-refractivity contribution >= 4 is 29.9 Å². The fraction of sp³-hybridized carbons (Fsp3) is 0.650. The van der Waals surface area contributed by atoms with Crippen LogP contribution in [0.5, 0.6) is 0 Å².